The molecular formula is C20H19N3O3. The maximum atomic E-state index is 12.9. The number of carbonyl (C=O) groups is 2. The van der Waals surface area contributed by atoms with Gasteiger partial charge in [-0.25, -0.2) is 4.79 Å². The molecule has 0 bridgehead atoms. The van der Waals surface area contributed by atoms with Gasteiger partial charge in [-0.15, -0.1) is 0 Å². The molecule has 1 aliphatic rings. The zero-order valence-corrected chi connectivity index (χ0v) is 14.5. The Morgan fingerprint density at radius 3 is 2.85 bits per heavy atom. The minimum atomic E-state index is -0.423. The molecule has 0 saturated heterocycles. The van der Waals surface area contributed by atoms with Crippen LogP contribution in [0.5, 0.6) is 0 Å². The first-order valence-electron chi connectivity index (χ1n) is 8.68. The van der Waals surface area contributed by atoms with Crippen molar-refractivity contribution >= 4 is 22.9 Å². The van der Waals surface area contributed by atoms with Crippen LogP contribution in [0.15, 0.2) is 42.6 Å². The van der Waals surface area contributed by atoms with E-state index in [4.69, 9.17) is 4.74 Å². The van der Waals surface area contributed by atoms with Crippen molar-refractivity contribution in [3.8, 4) is 0 Å². The number of aromatic amines is 1. The molecule has 3 aromatic rings. The highest BCUT2D eigenvalue weighted by Crippen LogP contribution is 2.23. The van der Waals surface area contributed by atoms with Crippen molar-refractivity contribution in [1.82, 2.24) is 14.9 Å². The minimum Gasteiger partial charge on any atom is -0.462 e. The molecule has 0 aliphatic carbocycles. The van der Waals surface area contributed by atoms with E-state index in [1.807, 2.05) is 17.0 Å². The van der Waals surface area contributed by atoms with Gasteiger partial charge >= 0.3 is 5.97 Å². The maximum Gasteiger partial charge on any atom is 0.340 e. The summed E-state index contributed by atoms with van der Waals surface area (Å²) < 4.78 is 5.08. The van der Waals surface area contributed by atoms with Gasteiger partial charge in [-0.05, 0) is 36.6 Å². The molecule has 4 rings (SSSR count). The number of pyridine rings is 1. The number of carbonyl (C=O) groups excluding carboxylic acids is 2. The number of rotatable bonds is 3. The molecule has 0 atom stereocenters. The summed E-state index contributed by atoms with van der Waals surface area (Å²) in [6.45, 7) is 3.31. The summed E-state index contributed by atoms with van der Waals surface area (Å²) in [7, 11) is 0. The average molecular weight is 349 g/mol. The fraction of sp³-hybridized carbons (Fsp3) is 0.250. The second-order valence-electron chi connectivity index (χ2n) is 6.27. The summed E-state index contributed by atoms with van der Waals surface area (Å²) in [5.74, 6) is -0.514. The van der Waals surface area contributed by atoms with Gasteiger partial charge in [0.1, 0.15) is 5.69 Å². The second kappa shape index (κ2) is 6.63. The highest BCUT2D eigenvalue weighted by Gasteiger charge is 2.24. The Balaban J connectivity index is 1.64. The Kier molecular flexibility index (Phi) is 4.16. The summed E-state index contributed by atoms with van der Waals surface area (Å²) >= 11 is 0. The van der Waals surface area contributed by atoms with E-state index < -0.39 is 5.97 Å². The van der Waals surface area contributed by atoms with Crippen LogP contribution < -0.4 is 0 Å². The number of H-pyrrole nitrogens is 1. The highest BCUT2D eigenvalue weighted by atomic mass is 16.5. The first kappa shape index (κ1) is 16.3. The molecule has 1 aliphatic heterocycles. The quantitative estimate of drug-likeness (QED) is 0.738. The van der Waals surface area contributed by atoms with Crippen molar-refractivity contribution in [2.24, 2.45) is 0 Å². The van der Waals surface area contributed by atoms with Gasteiger partial charge in [0.25, 0.3) is 5.91 Å². The van der Waals surface area contributed by atoms with Crippen LogP contribution in [0.1, 0.15) is 38.9 Å². The van der Waals surface area contributed by atoms with Crippen LogP contribution in [0, 0.1) is 0 Å². The molecular weight excluding hydrogens is 330 g/mol. The Morgan fingerprint density at radius 1 is 1.23 bits per heavy atom. The molecule has 1 amide bonds. The zero-order valence-electron chi connectivity index (χ0n) is 14.5. The van der Waals surface area contributed by atoms with Crippen molar-refractivity contribution in [3.63, 3.8) is 0 Å². The second-order valence-corrected chi connectivity index (χ2v) is 6.27. The van der Waals surface area contributed by atoms with Gasteiger partial charge in [0.05, 0.1) is 23.2 Å². The molecule has 132 valence electrons. The van der Waals surface area contributed by atoms with Crippen molar-refractivity contribution in [2.75, 3.05) is 13.2 Å². The van der Waals surface area contributed by atoms with E-state index in [0.29, 0.717) is 42.0 Å². The predicted molar refractivity (Wildman–Crippen MR) is 96.9 cm³/mol. The molecule has 0 saturated carbocycles. The fourth-order valence-corrected chi connectivity index (χ4v) is 3.36. The molecule has 0 fully saturated rings. The van der Waals surface area contributed by atoms with Gasteiger partial charge in [-0.1, -0.05) is 24.3 Å². The van der Waals surface area contributed by atoms with E-state index in [-0.39, 0.29) is 5.91 Å². The minimum absolute atomic E-state index is 0.0905. The van der Waals surface area contributed by atoms with E-state index in [0.717, 1.165) is 6.42 Å². The van der Waals surface area contributed by atoms with Gasteiger partial charge in [-0.3, -0.25) is 9.78 Å². The SMILES string of the molecule is CCOC(=O)c1ccnc2cc(C(=O)N3CCc4ccccc4C3)[nH]c12. The first-order valence-corrected chi connectivity index (χ1v) is 8.68. The number of amides is 1. The summed E-state index contributed by atoms with van der Waals surface area (Å²) in [5.41, 5.74) is 4.40. The van der Waals surface area contributed by atoms with Crippen LogP contribution in [0.4, 0.5) is 0 Å². The fourth-order valence-electron chi connectivity index (χ4n) is 3.36. The molecule has 0 unspecified atom stereocenters. The van der Waals surface area contributed by atoms with Gasteiger partial charge in [0.2, 0.25) is 0 Å². The Labute approximate surface area is 150 Å². The van der Waals surface area contributed by atoms with Crippen molar-refractivity contribution < 1.29 is 14.3 Å². The molecule has 1 aromatic carbocycles. The molecule has 0 radical (unpaired) electrons. The number of aromatic nitrogens is 2. The molecule has 6 heteroatoms. The third-order valence-electron chi connectivity index (χ3n) is 4.66. The summed E-state index contributed by atoms with van der Waals surface area (Å²) in [5, 5.41) is 0. The first-order chi connectivity index (χ1) is 12.7. The van der Waals surface area contributed by atoms with Crippen LogP contribution in [0.25, 0.3) is 11.0 Å². The van der Waals surface area contributed by atoms with Crippen molar-refractivity contribution in [1.29, 1.82) is 0 Å². The lowest BCUT2D eigenvalue weighted by Gasteiger charge is -2.28. The highest BCUT2D eigenvalue weighted by molar-refractivity contribution is 6.05. The zero-order chi connectivity index (χ0) is 18.1. The largest absolute Gasteiger partial charge is 0.462 e. The third kappa shape index (κ3) is 2.83. The normalized spacial score (nSPS) is 13.5. The molecule has 2 aromatic heterocycles. The molecule has 26 heavy (non-hydrogen) atoms. The number of esters is 1. The van der Waals surface area contributed by atoms with Gasteiger partial charge in [-0.2, -0.15) is 0 Å². The van der Waals surface area contributed by atoms with E-state index in [1.165, 1.54) is 11.1 Å². The summed E-state index contributed by atoms with van der Waals surface area (Å²) in [6.07, 6.45) is 2.39. The topological polar surface area (TPSA) is 75.3 Å². The lowest BCUT2D eigenvalue weighted by Crippen LogP contribution is -2.36. The molecule has 1 N–H and O–H groups in total. The van der Waals surface area contributed by atoms with E-state index in [2.05, 4.69) is 22.1 Å². The Hall–Kier alpha value is -3.15. The summed E-state index contributed by atoms with van der Waals surface area (Å²) in [4.78, 5) is 34.2. The van der Waals surface area contributed by atoms with E-state index in [1.54, 1.807) is 25.3 Å². The van der Waals surface area contributed by atoms with Crippen molar-refractivity contribution in [3.05, 3.63) is 65.0 Å². The molecule has 0 spiro atoms. The number of benzene rings is 1. The van der Waals surface area contributed by atoms with Crippen LogP contribution in [-0.4, -0.2) is 39.9 Å². The van der Waals surface area contributed by atoms with Crippen LogP contribution >= 0.6 is 0 Å². The van der Waals surface area contributed by atoms with Crippen LogP contribution in [0.2, 0.25) is 0 Å². The third-order valence-corrected chi connectivity index (χ3v) is 4.66. The lowest BCUT2D eigenvalue weighted by atomic mass is 10.00. The Morgan fingerprint density at radius 2 is 2.04 bits per heavy atom. The standard InChI is InChI=1S/C20H19N3O3/c1-2-26-20(25)15-7-9-21-16-11-17(22-18(15)16)19(24)23-10-8-13-5-3-4-6-14(13)12-23/h3-7,9,11,22H,2,8,10,12H2,1H3. The number of hydrogen-bond acceptors (Lipinski definition) is 4. The number of nitrogens with zero attached hydrogens (tertiary/aromatic N) is 2. The van der Waals surface area contributed by atoms with Crippen molar-refractivity contribution in [2.45, 2.75) is 19.9 Å². The maximum absolute atomic E-state index is 12.9. The predicted octanol–water partition coefficient (Wildman–Crippen LogP) is 2.94. The van der Waals surface area contributed by atoms with Crippen LogP contribution in [0.3, 0.4) is 0 Å². The number of hydrogen-bond donors (Lipinski definition) is 1. The number of fused-ring (bicyclic) bond motifs is 2. The molecule has 6 nitrogen and oxygen atoms in total. The van der Waals surface area contributed by atoms with Crippen LogP contribution in [-0.2, 0) is 17.7 Å². The smallest absolute Gasteiger partial charge is 0.340 e. The van der Waals surface area contributed by atoms with E-state index in [9.17, 15) is 9.59 Å². The monoisotopic (exact) mass is 349 g/mol. The molecule has 3 heterocycles. The van der Waals surface area contributed by atoms with Gasteiger partial charge < -0.3 is 14.6 Å². The number of nitrogens with one attached hydrogen (secondary N) is 1. The van der Waals surface area contributed by atoms with Gasteiger partial charge in [0.15, 0.2) is 0 Å². The lowest BCUT2D eigenvalue weighted by molar-refractivity contribution is 0.0528. The summed E-state index contributed by atoms with van der Waals surface area (Å²) in [6, 6.07) is 11.5. The number of ether oxygens (including phenoxy) is 1. The Bertz CT molecular complexity index is 993. The average Bonchev–Trinajstić information content (AvgIpc) is 3.11. The van der Waals surface area contributed by atoms with Gasteiger partial charge in [0, 0.05) is 19.3 Å². The van der Waals surface area contributed by atoms with E-state index >= 15 is 0 Å².